The van der Waals surface area contributed by atoms with Crippen LogP contribution in [0, 0.1) is 0 Å². The van der Waals surface area contributed by atoms with Crippen LogP contribution < -0.4 is 15.8 Å². The fraction of sp³-hybridized carbons (Fsp3) is 0.200. The molecule has 0 spiro atoms. The number of primary amides is 1. The van der Waals surface area contributed by atoms with Crippen molar-refractivity contribution in [3.05, 3.63) is 59.3 Å². The molecule has 3 N–H and O–H groups in total. The quantitative estimate of drug-likeness (QED) is 0.834. The topological polar surface area (TPSA) is 77.2 Å². The zero-order valence-corrected chi connectivity index (χ0v) is 11.3. The Morgan fingerprint density at radius 1 is 1.25 bits per heavy atom. The molecule has 0 unspecified atom stereocenters. The molecule has 0 aliphatic heterocycles. The van der Waals surface area contributed by atoms with Gasteiger partial charge in [0.25, 0.3) is 0 Å². The lowest BCUT2D eigenvalue weighted by Gasteiger charge is -2.06. The summed E-state index contributed by atoms with van der Waals surface area (Å²) in [7, 11) is 1.59. The van der Waals surface area contributed by atoms with E-state index in [1.807, 2.05) is 24.3 Å². The molecule has 0 saturated heterocycles. The van der Waals surface area contributed by atoms with Crippen LogP contribution in [0.1, 0.15) is 21.5 Å². The average Bonchev–Trinajstić information content (AvgIpc) is 2.48. The van der Waals surface area contributed by atoms with E-state index in [9.17, 15) is 4.79 Å². The molecule has 0 radical (unpaired) electrons. The Kier molecular flexibility index (Phi) is 4.68. The van der Waals surface area contributed by atoms with Crippen molar-refractivity contribution < 1.29 is 9.53 Å². The molecule has 0 fully saturated rings. The molecular weight excluding hydrogens is 254 g/mol. The molecule has 0 saturated carbocycles. The second-order valence-electron chi connectivity index (χ2n) is 4.38. The van der Waals surface area contributed by atoms with E-state index in [2.05, 4.69) is 10.3 Å². The van der Waals surface area contributed by atoms with Gasteiger partial charge in [-0.05, 0) is 23.3 Å². The van der Waals surface area contributed by atoms with Gasteiger partial charge in [0.05, 0.1) is 7.11 Å². The summed E-state index contributed by atoms with van der Waals surface area (Å²) in [4.78, 5) is 15.2. The molecule has 2 aromatic rings. The first-order valence-electron chi connectivity index (χ1n) is 6.27. The van der Waals surface area contributed by atoms with Gasteiger partial charge in [-0.3, -0.25) is 4.79 Å². The van der Waals surface area contributed by atoms with Crippen molar-refractivity contribution in [2.24, 2.45) is 5.73 Å². The molecule has 0 atom stereocenters. The number of pyridine rings is 1. The SMILES string of the molecule is COc1ccc(CNCc2cccc(C(N)=O)c2)cn1. The van der Waals surface area contributed by atoms with Gasteiger partial charge in [-0.15, -0.1) is 0 Å². The summed E-state index contributed by atoms with van der Waals surface area (Å²) in [5, 5.41) is 3.29. The van der Waals surface area contributed by atoms with Gasteiger partial charge in [-0.25, -0.2) is 4.98 Å². The van der Waals surface area contributed by atoms with Gasteiger partial charge in [-0.1, -0.05) is 18.2 Å². The Balaban J connectivity index is 1.88. The number of carbonyl (C=O) groups excluding carboxylic acids is 1. The van der Waals surface area contributed by atoms with Crippen molar-refractivity contribution in [3.8, 4) is 5.88 Å². The lowest BCUT2D eigenvalue weighted by Crippen LogP contribution is -2.15. The summed E-state index contributed by atoms with van der Waals surface area (Å²) in [6, 6.07) is 11.1. The summed E-state index contributed by atoms with van der Waals surface area (Å²) in [6.07, 6.45) is 1.77. The highest BCUT2D eigenvalue weighted by atomic mass is 16.5. The van der Waals surface area contributed by atoms with Gasteiger partial charge in [0.15, 0.2) is 0 Å². The summed E-state index contributed by atoms with van der Waals surface area (Å²) in [5.74, 6) is 0.189. The number of methoxy groups -OCH3 is 1. The van der Waals surface area contributed by atoms with Gasteiger partial charge < -0.3 is 15.8 Å². The number of rotatable bonds is 6. The maximum Gasteiger partial charge on any atom is 0.248 e. The zero-order chi connectivity index (χ0) is 14.4. The molecule has 2 rings (SSSR count). The number of benzene rings is 1. The molecule has 104 valence electrons. The predicted octanol–water partition coefficient (Wildman–Crippen LogP) is 1.48. The van der Waals surface area contributed by atoms with Crippen molar-refractivity contribution in [1.29, 1.82) is 0 Å². The lowest BCUT2D eigenvalue weighted by molar-refractivity contribution is 0.1000. The van der Waals surface area contributed by atoms with Gasteiger partial charge in [-0.2, -0.15) is 0 Å². The molecule has 1 aromatic heterocycles. The summed E-state index contributed by atoms with van der Waals surface area (Å²) in [6.45, 7) is 1.35. The van der Waals surface area contributed by atoms with E-state index in [-0.39, 0.29) is 0 Å². The molecule has 20 heavy (non-hydrogen) atoms. The first kappa shape index (κ1) is 14.0. The average molecular weight is 271 g/mol. The summed E-state index contributed by atoms with van der Waals surface area (Å²) < 4.78 is 5.00. The summed E-state index contributed by atoms with van der Waals surface area (Å²) >= 11 is 0. The highest BCUT2D eigenvalue weighted by Crippen LogP contribution is 2.07. The number of ether oxygens (including phenoxy) is 1. The number of carbonyl (C=O) groups is 1. The predicted molar refractivity (Wildman–Crippen MR) is 76.3 cm³/mol. The van der Waals surface area contributed by atoms with Crippen molar-refractivity contribution >= 4 is 5.91 Å². The van der Waals surface area contributed by atoms with Crippen LogP contribution in [-0.4, -0.2) is 18.0 Å². The fourth-order valence-electron chi connectivity index (χ4n) is 1.82. The van der Waals surface area contributed by atoms with Crippen molar-refractivity contribution in [2.75, 3.05) is 7.11 Å². The lowest BCUT2D eigenvalue weighted by atomic mass is 10.1. The highest BCUT2D eigenvalue weighted by molar-refractivity contribution is 5.92. The van der Waals surface area contributed by atoms with Crippen LogP contribution in [0.4, 0.5) is 0 Å². The first-order valence-corrected chi connectivity index (χ1v) is 6.27. The van der Waals surface area contributed by atoms with E-state index in [0.29, 0.717) is 24.5 Å². The monoisotopic (exact) mass is 271 g/mol. The minimum Gasteiger partial charge on any atom is -0.481 e. The van der Waals surface area contributed by atoms with Crippen LogP contribution in [0.5, 0.6) is 5.88 Å². The summed E-state index contributed by atoms with van der Waals surface area (Å²) in [5.41, 5.74) is 7.86. The van der Waals surface area contributed by atoms with Gasteiger partial charge in [0.1, 0.15) is 0 Å². The second kappa shape index (κ2) is 6.68. The Hall–Kier alpha value is -2.40. The Morgan fingerprint density at radius 3 is 2.70 bits per heavy atom. The highest BCUT2D eigenvalue weighted by Gasteiger charge is 2.01. The third-order valence-electron chi connectivity index (χ3n) is 2.88. The van der Waals surface area contributed by atoms with E-state index in [1.54, 1.807) is 25.4 Å². The second-order valence-corrected chi connectivity index (χ2v) is 4.38. The van der Waals surface area contributed by atoms with E-state index >= 15 is 0 Å². The van der Waals surface area contributed by atoms with Crippen LogP contribution in [-0.2, 0) is 13.1 Å². The smallest absolute Gasteiger partial charge is 0.248 e. The zero-order valence-electron chi connectivity index (χ0n) is 11.3. The van der Waals surface area contributed by atoms with Gasteiger partial charge in [0, 0.05) is 30.9 Å². The number of aromatic nitrogens is 1. The number of hydrogen-bond donors (Lipinski definition) is 2. The number of nitrogens with zero attached hydrogens (tertiary/aromatic N) is 1. The Labute approximate surface area is 117 Å². The van der Waals surface area contributed by atoms with Crippen LogP contribution in [0.25, 0.3) is 0 Å². The minimum absolute atomic E-state index is 0.411. The normalized spacial score (nSPS) is 10.2. The first-order chi connectivity index (χ1) is 9.69. The molecule has 0 aliphatic rings. The number of nitrogens with one attached hydrogen (secondary N) is 1. The number of amides is 1. The van der Waals surface area contributed by atoms with Crippen molar-refractivity contribution in [1.82, 2.24) is 10.3 Å². The Morgan fingerprint density at radius 2 is 2.05 bits per heavy atom. The number of hydrogen-bond acceptors (Lipinski definition) is 4. The van der Waals surface area contributed by atoms with Crippen molar-refractivity contribution in [2.45, 2.75) is 13.1 Å². The third-order valence-corrected chi connectivity index (χ3v) is 2.88. The largest absolute Gasteiger partial charge is 0.481 e. The number of nitrogens with two attached hydrogens (primary N) is 1. The third kappa shape index (κ3) is 3.80. The van der Waals surface area contributed by atoms with E-state index in [1.165, 1.54) is 0 Å². The van der Waals surface area contributed by atoms with Crippen molar-refractivity contribution in [3.63, 3.8) is 0 Å². The molecule has 1 aromatic carbocycles. The van der Waals surface area contributed by atoms with E-state index in [0.717, 1.165) is 11.1 Å². The minimum atomic E-state index is -0.411. The van der Waals surface area contributed by atoms with Crippen LogP contribution in [0.2, 0.25) is 0 Å². The maximum atomic E-state index is 11.1. The molecule has 1 heterocycles. The molecule has 1 amide bonds. The molecule has 5 heteroatoms. The molecule has 0 aliphatic carbocycles. The van der Waals surface area contributed by atoms with Gasteiger partial charge >= 0.3 is 0 Å². The molecule has 5 nitrogen and oxygen atoms in total. The Bertz CT molecular complexity index is 582. The molecule has 0 bridgehead atoms. The van der Waals surface area contributed by atoms with Crippen LogP contribution in [0.3, 0.4) is 0 Å². The fourth-order valence-corrected chi connectivity index (χ4v) is 1.82. The van der Waals surface area contributed by atoms with E-state index < -0.39 is 5.91 Å². The maximum absolute atomic E-state index is 11.1. The van der Waals surface area contributed by atoms with E-state index in [4.69, 9.17) is 10.5 Å². The standard InChI is InChI=1S/C15H17N3O2/c1-20-14-6-5-12(10-18-14)9-17-8-11-3-2-4-13(7-11)15(16)19/h2-7,10,17H,8-9H2,1H3,(H2,16,19). The van der Waals surface area contributed by atoms with Gasteiger partial charge in [0.2, 0.25) is 11.8 Å². The molecular formula is C15H17N3O2. The van der Waals surface area contributed by atoms with Crippen LogP contribution >= 0.6 is 0 Å². The van der Waals surface area contributed by atoms with Crippen LogP contribution in [0.15, 0.2) is 42.6 Å².